The van der Waals surface area contributed by atoms with E-state index in [1.165, 1.54) is 6.26 Å². The van der Waals surface area contributed by atoms with E-state index in [-0.39, 0.29) is 30.1 Å². The zero-order valence-electron chi connectivity index (χ0n) is 18.2. The Kier molecular flexibility index (Phi) is 7.51. The Hall–Kier alpha value is -1.72. The summed E-state index contributed by atoms with van der Waals surface area (Å²) in [6.07, 6.45) is -0.269. The molecule has 2 aliphatic rings. The molecule has 2 atom stereocenters. The van der Waals surface area contributed by atoms with Crippen LogP contribution < -0.4 is 5.32 Å². The Morgan fingerprint density at radius 2 is 1.81 bits per heavy atom. The summed E-state index contributed by atoms with van der Waals surface area (Å²) < 4.78 is 77.7. The third kappa shape index (κ3) is 5.99. The number of carbonyl (C=O) groups excluding carboxylic acids is 1. The molecule has 1 aromatic carbocycles. The Morgan fingerprint density at radius 3 is 2.41 bits per heavy atom. The van der Waals surface area contributed by atoms with Crippen LogP contribution in [0.15, 0.2) is 18.2 Å². The first-order valence-corrected chi connectivity index (χ1v) is 12.6. The summed E-state index contributed by atoms with van der Waals surface area (Å²) in [6.45, 7) is 4.37. The highest BCUT2D eigenvalue weighted by atomic mass is 32.2. The van der Waals surface area contributed by atoms with Gasteiger partial charge in [0.2, 0.25) is 10.0 Å². The fourth-order valence-electron chi connectivity index (χ4n) is 4.69. The highest BCUT2D eigenvalue weighted by molar-refractivity contribution is 7.88. The van der Waals surface area contributed by atoms with E-state index in [4.69, 9.17) is 0 Å². The minimum atomic E-state index is -4.73. The zero-order valence-corrected chi connectivity index (χ0v) is 19.0. The third-order valence-corrected chi connectivity index (χ3v) is 7.80. The van der Waals surface area contributed by atoms with Crippen molar-refractivity contribution in [3.63, 3.8) is 0 Å². The van der Waals surface area contributed by atoms with Gasteiger partial charge in [-0.3, -0.25) is 9.69 Å². The first kappa shape index (κ1) is 24.9. The van der Waals surface area contributed by atoms with Crippen LogP contribution in [0.25, 0.3) is 0 Å². The summed E-state index contributed by atoms with van der Waals surface area (Å²) in [5.74, 6) is -1.70. The predicted molar refractivity (Wildman–Crippen MR) is 112 cm³/mol. The molecule has 1 N–H and O–H groups in total. The SMILES string of the molecule is C[C@@H](C1CCCN1S(C)(=O)=O)N1CCC(CNC(=O)c2cc(F)cc(C(F)(F)F)c2)CC1. The molecule has 180 valence electrons. The maximum atomic E-state index is 13.5. The lowest BCUT2D eigenvalue weighted by atomic mass is 9.94. The van der Waals surface area contributed by atoms with E-state index in [0.29, 0.717) is 18.7 Å². The summed E-state index contributed by atoms with van der Waals surface area (Å²) in [5, 5.41) is 2.62. The number of hydrogen-bond acceptors (Lipinski definition) is 4. The van der Waals surface area contributed by atoms with Crippen molar-refractivity contribution in [3.05, 3.63) is 35.1 Å². The maximum Gasteiger partial charge on any atom is 0.416 e. The molecule has 0 saturated carbocycles. The van der Waals surface area contributed by atoms with E-state index >= 15 is 0 Å². The summed E-state index contributed by atoms with van der Waals surface area (Å²) in [5.41, 5.74) is -1.55. The monoisotopic (exact) mass is 479 g/mol. The lowest BCUT2D eigenvalue weighted by molar-refractivity contribution is -0.137. The number of hydrogen-bond donors (Lipinski definition) is 1. The van der Waals surface area contributed by atoms with Crippen LogP contribution in [0.4, 0.5) is 17.6 Å². The molecular weight excluding hydrogens is 450 g/mol. The molecule has 2 aliphatic heterocycles. The van der Waals surface area contributed by atoms with Crippen LogP contribution in [0.2, 0.25) is 0 Å². The average Bonchev–Trinajstić information content (AvgIpc) is 3.21. The van der Waals surface area contributed by atoms with Gasteiger partial charge in [-0.2, -0.15) is 17.5 Å². The van der Waals surface area contributed by atoms with Crippen LogP contribution in [-0.4, -0.2) is 68.0 Å². The number of alkyl halides is 3. The van der Waals surface area contributed by atoms with Crippen molar-refractivity contribution >= 4 is 15.9 Å². The first-order chi connectivity index (χ1) is 14.9. The van der Waals surface area contributed by atoms with Crippen LogP contribution >= 0.6 is 0 Å². The largest absolute Gasteiger partial charge is 0.416 e. The van der Waals surface area contributed by atoms with Gasteiger partial charge in [0.25, 0.3) is 5.91 Å². The molecule has 0 bridgehead atoms. The number of sulfonamides is 1. The molecule has 1 unspecified atom stereocenters. The normalized spacial score (nSPS) is 22.8. The standard InChI is InChI=1S/C21H29F4N3O3S/c1-14(19-4-3-7-28(19)32(2,30)31)27-8-5-15(6-9-27)13-26-20(29)16-10-17(21(23,24)25)12-18(22)11-16/h10-12,14-15,19H,3-9,13H2,1-2H3,(H,26,29)/t14-,19?/m0/s1. The summed E-state index contributed by atoms with van der Waals surface area (Å²) >= 11 is 0. The van der Waals surface area contributed by atoms with Crippen LogP contribution in [0, 0.1) is 11.7 Å². The number of nitrogens with one attached hydrogen (secondary N) is 1. The number of rotatable bonds is 6. The molecule has 2 fully saturated rings. The van der Waals surface area contributed by atoms with Crippen LogP contribution in [0.5, 0.6) is 0 Å². The molecule has 0 radical (unpaired) electrons. The number of halogens is 4. The number of amides is 1. The van der Waals surface area contributed by atoms with Crippen LogP contribution in [0.1, 0.15) is 48.5 Å². The fraction of sp³-hybridized carbons (Fsp3) is 0.667. The summed E-state index contributed by atoms with van der Waals surface area (Å²) in [7, 11) is -3.24. The quantitative estimate of drug-likeness (QED) is 0.637. The number of nitrogens with zero attached hydrogens (tertiary/aromatic N) is 2. The molecule has 1 amide bonds. The fourth-order valence-corrected chi connectivity index (χ4v) is 5.93. The van der Waals surface area contributed by atoms with Gasteiger partial charge in [0.15, 0.2) is 0 Å². The average molecular weight is 480 g/mol. The second-order valence-electron chi connectivity index (χ2n) is 8.74. The Bertz CT molecular complexity index is 931. The number of benzene rings is 1. The molecule has 0 spiro atoms. The van der Waals surface area contributed by atoms with Crippen molar-refractivity contribution in [1.29, 1.82) is 0 Å². The smallest absolute Gasteiger partial charge is 0.352 e. The van der Waals surface area contributed by atoms with Gasteiger partial charge in [0, 0.05) is 30.7 Å². The van der Waals surface area contributed by atoms with Crippen LogP contribution in [-0.2, 0) is 16.2 Å². The molecule has 2 heterocycles. The molecule has 3 rings (SSSR count). The lowest BCUT2D eigenvalue weighted by Gasteiger charge is -2.40. The lowest BCUT2D eigenvalue weighted by Crippen LogP contribution is -2.51. The van der Waals surface area contributed by atoms with Crippen molar-refractivity contribution in [2.45, 2.75) is 50.9 Å². The Balaban J connectivity index is 1.51. The molecule has 0 aromatic heterocycles. The van der Waals surface area contributed by atoms with Crippen molar-refractivity contribution in [2.75, 3.05) is 32.4 Å². The second-order valence-corrected chi connectivity index (χ2v) is 10.7. The van der Waals surface area contributed by atoms with Crippen molar-refractivity contribution < 1.29 is 30.8 Å². The van der Waals surface area contributed by atoms with E-state index in [1.807, 2.05) is 6.92 Å². The Labute approximate surface area is 186 Å². The minimum absolute atomic E-state index is 0.0444. The molecule has 6 nitrogen and oxygen atoms in total. The maximum absolute atomic E-state index is 13.5. The van der Waals surface area contributed by atoms with Crippen LogP contribution in [0.3, 0.4) is 0 Å². The number of carbonyl (C=O) groups is 1. The predicted octanol–water partition coefficient (Wildman–Crippen LogP) is 3.10. The number of likely N-dealkylation sites (tertiary alicyclic amines) is 1. The number of piperidine rings is 1. The van der Waals surface area contributed by atoms with E-state index in [0.717, 1.165) is 44.8 Å². The molecular formula is C21H29F4N3O3S. The third-order valence-electron chi connectivity index (χ3n) is 6.49. The van der Waals surface area contributed by atoms with E-state index < -0.39 is 33.5 Å². The topological polar surface area (TPSA) is 69.7 Å². The summed E-state index contributed by atoms with van der Waals surface area (Å²) in [4.78, 5) is 14.5. The van der Waals surface area contributed by atoms with Crippen molar-refractivity contribution in [2.24, 2.45) is 5.92 Å². The highest BCUT2D eigenvalue weighted by Crippen LogP contribution is 2.31. The van der Waals surface area contributed by atoms with Gasteiger partial charge in [-0.25, -0.2) is 12.8 Å². The van der Waals surface area contributed by atoms with Gasteiger partial charge in [-0.05, 0) is 69.8 Å². The van der Waals surface area contributed by atoms with Crippen molar-refractivity contribution in [1.82, 2.24) is 14.5 Å². The molecule has 32 heavy (non-hydrogen) atoms. The first-order valence-electron chi connectivity index (χ1n) is 10.7. The van der Waals surface area contributed by atoms with Gasteiger partial charge in [-0.1, -0.05) is 0 Å². The summed E-state index contributed by atoms with van der Waals surface area (Å²) in [6, 6.07) is 1.85. The van der Waals surface area contributed by atoms with Gasteiger partial charge >= 0.3 is 6.18 Å². The van der Waals surface area contributed by atoms with Gasteiger partial charge in [0.1, 0.15) is 5.82 Å². The van der Waals surface area contributed by atoms with E-state index in [9.17, 15) is 30.8 Å². The Morgan fingerprint density at radius 1 is 1.16 bits per heavy atom. The molecule has 11 heteroatoms. The molecule has 1 aromatic rings. The molecule has 0 aliphatic carbocycles. The van der Waals surface area contributed by atoms with Gasteiger partial charge in [0.05, 0.1) is 11.8 Å². The van der Waals surface area contributed by atoms with E-state index in [1.54, 1.807) is 4.31 Å². The second kappa shape index (κ2) is 9.64. The zero-order chi connectivity index (χ0) is 23.7. The minimum Gasteiger partial charge on any atom is -0.352 e. The highest BCUT2D eigenvalue weighted by Gasteiger charge is 2.38. The van der Waals surface area contributed by atoms with Crippen molar-refractivity contribution in [3.8, 4) is 0 Å². The van der Waals surface area contributed by atoms with Gasteiger partial charge in [-0.15, -0.1) is 0 Å². The molecule has 2 saturated heterocycles. The van der Waals surface area contributed by atoms with Gasteiger partial charge < -0.3 is 5.32 Å². The van der Waals surface area contributed by atoms with E-state index in [2.05, 4.69) is 10.2 Å².